The van der Waals surface area contributed by atoms with Gasteiger partial charge in [0.05, 0.1) is 16.8 Å². The van der Waals surface area contributed by atoms with Crippen LogP contribution in [0.4, 0.5) is 0 Å². The van der Waals surface area contributed by atoms with Gasteiger partial charge in [-0.05, 0) is 18.2 Å². The van der Waals surface area contributed by atoms with Crippen molar-refractivity contribution in [1.29, 1.82) is 5.41 Å². The van der Waals surface area contributed by atoms with Crippen molar-refractivity contribution in [2.45, 2.75) is 0 Å². The largest absolute Gasteiger partial charge is 0.435 e. The molecular formula is C11H8Cl2N4O. The van der Waals surface area contributed by atoms with Crippen LogP contribution in [0.2, 0.25) is 10.0 Å². The first-order valence-electron chi connectivity index (χ1n) is 4.87. The SMILES string of the molecule is N=C(N)c1ccnnc1Oc1cc(Cl)ccc1Cl. The van der Waals surface area contributed by atoms with E-state index < -0.39 is 0 Å². The van der Waals surface area contributed by atoms with Crippen molar-refractivity contribution < 1.29 is 4.74 Å². The number of hydrogen-bond donors (Lipinski definition) is 2. The van der Waals surface area contributed by atoms with Crippen molar-refractivity contribution in [2.24, 2.45) is 5.73 Å². The van der Waals surface area contributed by atoms with Gasteiger partial charge in [0, 0.05) is 11.1 Å². The molecule has 0 aliphatic heterocycles. The first kappa shape index (κ1) is 12.6. The Morgan fingerprint density at radius 2 is 2.06 bits per heavy atom. The molecule has 1 aromatic carbocycles. The average Bonchev–Trinajstić information content (AvgIpc) is 2.34. The number of nitrogens with two attached hydrogens (primary N) is 1. The van der Waals surface area contributed by atoms with Crippen molar-refractivity contribution in [1.82, 2.24) is 10.2 Å². The van der Waals surface area contributed by atoms with E-state index in [9.17, 15) is 0 Å². The number of hydrogen-bond acceptors (Lipinski definition) is 4. The number of nitrogens with one attached hydrogen (secondary N) is 1. The summed E-state index contributed by atoms with van der Waals surface area (Å²) in [6.07, 6.45) is 1.42. The van der Waals surface area contributed by atoms with Crippen LogP contribution in [0.1, 0.15) is 5.56 Å². The molecule has 0 fully saturated rings. The van der Waals surface area contributed by atoms with Crippen LogP contribution in [0.25, 0.3) is 0 Å². The van der Waals surface area contributed by atoms with Crippen molar-refractivity contribution in [3.8, 4) is 11.6 Å². The molecule has 1 heterocycles. The van der Waals surface area contributed by atoms with Gasteiger partial charge in [-0.3, -0.25) is 5.41 Å². The maximum Gasteiger partial charge on any atom is 0.249 e. The van der Waals surface area contributed by atoms with Crippen LogP contribution in [0.5, 0.6) is 11.6 Å². The molecule has 0 amide bonds. The Kier molecular flexibility index (Phi) is 3.64. The zero-order valence-electron chi connectivity index (χ0n) is 9.02. The fraction of sp³-hybridized carbons (Fsp3) is 0. The van der Waals surface area contributed by atoms with Gasteiger partial charge in [-0.15, -0.1) is 5.10 Å². The van der Waals surface area contributed by atoms with Gasteiger partial charge in [-0.2, -0.15) is 5.10 Å². The summed E-state index contributed by atoms with van der Waals surface area (Å²) in [7, 11) is 0. The highest BCUT2D eigenvalue weighted by Gasteiger charge is 2.11. The van der Waals surface area contributed by atoms with E-state index in [0.29, 0.717) is 21.4 Å². The van der Waals surface area contributed by atoms with Crippen LogP contribution >= 0.6 is 23.2 Å². The molecule has 1 aromatic heterocycles. The number of ether oxygens (including phenoxy) is 1. The number of nitrogen functional groups attached to an aromatic ring is 1. The summed E-state index contributed by atoms with van der Waals surface area (Å²) in [6.45, 7) is 0. The third kappa shape index (κ3) is 2.69. The summed E-state index contributed by atoms with van der Waals surface area (Å²) in [5.74, 6) is 0.263. The minimum absolute atomic E-state index is 0.106. The number of benzene rings is 1. The van der Waals surface area contributed by atoms with Crippen LogP contribution < -0.4 is 10.5 Å². The first-order valence-corrected chi connectivity index (χ1v) is 5.62. The van der Waals surface area contributed by atoms with Crippen LogP contribution in [0, 0.1) is 5.41 Å². The minimum atomic E-state index is -0.168. The number of halogens is 2. The third-order valence-electron chi connectivity index (χ3n) is 2.08. The van der Waals surface area contributed by atoms with Crippen molar-refractivity contribution >= 4 is 29.0 Å². The summed E-state index contributed by atoms with van der Waals surface area (Å²) in [5.41, 5.74) is 5.75. The standard InChI is InChI=1S/C11H8Cl2N4O/c12-6-1-2-8(13)9(5-6)18-11-7(10(14)15)3-4-16-17-11/h1-5H,(H3,14,15). The van der Waals surface area contributed by atoms with E-state index in [1.54, 1.807) is 18.2 Å². The average molecular weight is 283 g/mol. The molecule has 0 aliphatic carbocycles. The molecule has 0 unspecified atom stereocenters. The second kappa shape index (κ2) is 5.20. The first-order chi connectivity index (χ1) is 8.58. The molecule has 0 spiro atoms. The van der Waals surface area contributed by atoms with Gasteiger partial charge in [0.15, 0.2) is 0 Å². The van der Waals surface area contributed by atoms with E-state index in [1.165, 1.54) is 12.3 Å². The maximum absolute atomic E-state index is 7.41. The van der Waals surface area contributed by atoms with Crippen LogP contribution in [0.15, 0.2) is 30.5 Å². The van der Waals surface area contributed by atoms with E-state index in [1.807, 2.05) is 0 Å². The molecule has 0 bridgehead atoms. The van der Waals surface area contributed by atoms with Gasteiger partial charge < -0.3 is 10.5 Å². The summed E-state index contributed by atoms with van der Waals surface area (Å²) in [6, 6.07) is 6.31. The predicted molar refractivity (Wildman–Crippen MR) is 69.6 cm³/mol. The molecule has 2 aromatic rings. The highest BCUT2D eigenvalue weighted by Crippen LogP contribution is 2.31. The normalized spacial score (nSPS) is 10.1. The zero-order chi connectivity index (χ0) is 13.1. The lowest BCUT2D eigenvalue weighted by Crippen LogP contribution is -2.13. The van der Waals surface area contributed by atoms with Gasteiger partial charge in [-0.1, -0.05) is 23.2 Å². The molecule has 0 radical (unpaired) electrons. The fourth-order valence-electron chi connectivity index (χ4n) is 1.26. The van der Waals surface area contributed by atoms with Gasteiger partial charge in [0.1, 0.15) is 11.6 Å². The number of amidine groups is 1. The number of aromatic nitrogens is 2. The molecular weight excluding hydrogens is 275 g/mol. The number of rotatable bonds is 3. The second-order valence-electron chi connectivity index (χ2n) is 3.34. The van der Waals surface area contributed by atoms with E-state index >= 15 is 0 Å². The predicted octanol–water partition coefficient (Wildman–Crippen LogP) is 2.86. The molecule has 0 aliphatic rings. The molecule has 5 nitrogen and oxygen atoms in total. The Labute approximate surface area is 113 Å². The van der Waals surface area contributed by atoms with E-state index in [-0.39, 0.29) is 11.7 Å². The molecule has 2 rings (SSSR count). The minimum Gasteiger partial charge on any atom is -0.435 e. The van der Waals surface area contributed by atoms with Crippen molar-refractivity contribution in [3.63, 3.8) is 0 Å². The quantitative estimate of drug-likeness (QED) is 0.670. The van der Waals surface area contributed by atoms with Gasteiger partial charge in [0.25, 0.3) is 0 Å². The lowest BCUT2D eigenvalue weighted by atomic mass is 10.3. The van der Waals surface area contributed by atoms with Gasteiger partial charge in [0.2, 0.25) is 5.88 Å². The van der Waals surface area contributed by atoms with Crippen LogP contribution in [-0.2, 0) is 0 Å². The molecule has 18 heavy (non-hydrogen) atoms. The second-order valence-corrected chi connectivity index (χ2v) is 4.18. The summed E-state index contributed by atoms with van der Waals surface area (Å²) in [4.78, 5) is 0. The Balaban J connectivity index is 2.40. The highest BCUT2D eigenvalue weighted by atomic mass is 35.5. The monoisotopic (exact) mass is 282 g/mol. The Morgan fingerprint density at radius 3 is 2.78 bits per heavy atom. The smallest absolute Gasteiger partial charge is 0.249 e. The maximum atomic E-state index is 7.41. The fourth-order valence-corrected chi connectivity index (χ4v) is 1.58. The molecule has 92 valence electrons. The summed E-state index contributed by atoms with van der Waals surface area (Å²) < 4.78 is 5.47. The third-order valence-corrected chi connectivity index (χ3v) is 2.62. The van der Waals surface area contributed by atoms with Crippen molar-refractivity contribution in [2.75, 3.05) is 0 Å². The van der Waals surface area contributed by atoms with Gasteiger partial charge in [-0.25, -0.2) is 0 Å². The topological polar surface area (TPSA) is 84.9 Å². The molecule has 0 saturated heterocycles. The zero-order valence-corrected chi connectivity index (χ0v) is 10.5. The Morgan fingerprint density at radius 1 is 1.28 bits per heavy atom. The molecule has 3 N–H and O–H groups in total. The highest BCUT2D eigenvalue weighted by molar-refractivity contribution is 6.34. The summed E-state index contributed by atoms with van der Waals surface area (Å²) >= 11 is 11.8. The van der Waals surface area contributed by atoms with Gasteiger partial charge >= 0.3 is 0 Å². The van der Waals surface area contributed by atoms with E-state index in [0.717, 1.165) is 0 Å². The van der Waals surface area contributed by atoms with Crippen LogP contribution in [0.3, 0.4) is 0 Å². The Hall–Kier alpha value is -1.85. The lowest BCUT2D eigenvalue weighted by molar-refractivity contribution is 0.454. The lowest BCUT2D eigenvalue weighted by Gasteiger charge is -2.09. The van der Waals surface area contributed by atoms with Crippen LogP contribution in [-0.4, -0.2) is 16.0 Å². The Bertz CT molecular complexity index is 603. The van der Waals surface area contributed by atoms with E-state index in [4.69, 9.17) is 39.1 Å². The molecule has 7 heteroatoms. The summed E-state index contributed by atoms with van der Waals surface area (Å²) in [5, 5.41) is 15.7. The molecule has 0 atom stereocenters. The van der Waals surface area contributed by atoms with Crippen molar-refractivity contribution in [3.05, 3.63) is 46.1 Å². The molecule has 0 saturated carbocycles. The van der Waals surface area contributed by atoms with E-state index in [2.05, 4.69) is 10.2 Å². The number of nitrogens with zero attached hydrogens (tertiary/aromatic N) is 2.